The van der Waals surface area contributed by atoms with Gasteiger partial charge in [-0.05, 0) is 65.7 Å². The number of nitrogens with zero attached hydrogens (tertiary/aromatic N) is 2. The molecule has 2 aromatic rings. The number of likely N-dealkylation sites (N-methyl/N-ethyl adjacent to an activating group) is 1. The Bertz CT molecular complexity index is 1170. The lowest BCUT2D eigenvalue weighted by Crippen LogP contribution is -2.23. The lowest BCUT2D eigenvalue weighted by atomic mass is 9.89. The van der Waals surface area contributed by atoms with Gasteiger partial charge in [0.15, 0.2) is 5.17 Å². The zero-order valence-electron chi connectivity index (χ0n) is 16.7. The Balaban J connectivity index is 1.52. The van der Waals surface area contributed by atoms with Gasteiger partial charge in [0.2, 0.25) is 0 Å². The maximum absolute atomic E-state index is 12.7. The van der Waals surface area contributed by atoms with Gasteiger partial charge < -0.3 is 5.11 Å². The number of thioether (sulfide) groups is 1. The van der Waals surface area contributed by atoms with Gasteiger partial charge in [-0.1, -0.05) is 48.0 Å². The molecule has 1 unspecified atom stereocenters. The van der Waals surface area contributed by atoms with Gasteiger partial charge in [0, 0.05) is 18.0 Å². The fraction of sp³-hybridized carbons (Fsp3) is 0.125. The van der Waals surface area contributed by atoms with E-state index in [1.807, 2.05) is 42.5 Å². The molecule has 0 radical (unpaired) electrons. The van der Waals surface area contributed by atoms with E-state index in [2.05, 4.69) is 4.99 Å². The molecule has 1 heterocycles. The van der Waals surface area contributed by atoms with E-state index in [4.69, 9.17) is 11.6 Å². The minimum Gasteiger partial charge on any atom is -0.478 e. The van der Waals surface area contributed by atoms with Crippen LogP contribution in [0.5, 0.6) is 0 Å². The Morgan fingerprint density at radius 3 is 2.77 bits per heavy atom. The van der Waals surface area contributed by atoms with Crippen molar-refractivity contribution in [2.75, 3.05) is 7.05 Å². The molecule has 1 atom stereocenters. The molecule has 1 fully saturated rings. The van der Waals surface area contributed by atoms with Crippen molar-refractivity contribution in [3.63, 3.8) is 0 Å². The highest BCUT2D eigenvalue weighted by Crippen LogP contribution is 2.36. The first kappa shape index (κ1) is 21.2. The number of amides is 1. The molecule has 0 spiro atoms. The van der Waals surface area contributed by atoms with Crippen LogP contribution in [-0.4, -0.2) is 34.1 Å². The van der Waals surface area contributed by atoms with Crippen molar-refractivity contribution in [2.45, 2.75) is 6.42 Å². The number of benzene rings is 2. The lowest BCUT2D eigenvalue weighted by molar-refractivity contribution is -0.121. The minimum absolute atomic E-state index is 0.0308. The molecule has 0 aromatic heterocycles. The lowest BCUT2D eigenvalue weighted by Gasteiger charge is -2.16. The second-order valence-corrected chi connectivity index (χ2v) is 8.64. The molecule has 31 heavy (non-hydrogen) atoms. The van der Waals surface area contributed by atoms with Crippen molar-refractivity contribution >= 4 is 51.7 Å². The van der Waals surface area contributed by atoms with Crippen LogP contribution < -0.4 is 0 Å². The Labute approximate surface area is 189 Å². The van der Waals surface area contributed by atoms with Gasteiger partial charge in [0.05, 0.1) is 16.2 Å². The smallest absolute Gasteiger partial charge is 0.335 e. The second kappa shape index (κ2) is 8.96. The molecule has 1 aliphatic heterocycles. The maximum atomic E-state index is 12.7. The molecular formula is C24H19ClN2O3S. The highest BCUT2D eigenvalue weighted by molar-refractivity contribution is 8.18. The summed E-state index contributed by atoms with van der Waals surface area (Å²) >= 11 is 7.27. The fourth-order valence-electron chi connectivity index (χ4n) is 3.37. The highest BCUT2D eigenvalue weighted by atomic mass is 35.5. The largest absolute Gasteiger partial charge is 0.478 e. The van der Waals surface area contributed by atoms with Crippen molar-refractivity contribution in [2.24, 2.45) is 10.9 Å². The summed E-state index contributed by atoms with van der Waals surface area (Å²) in [4.78, 5) is 30.7. The predicted molar refractivity (Wildman–Crippen MR) is 126 cm³/mol. The van der Waals surface area contributed by atoms with Crippen molar-refractivity contribution in [1.29, 1.82) is 0 Å². The third kappa shape index (κ3) is 4.81. The number of aromatic carboxylic acids is 1. The SMILES string of the molecule is CN1C(=O)/C(=C/C2C=CC=C(c3cccc(C(=O)O)c3)C2)SC1=Nc1ccc(Cl)cc1. The Hall–Kier alpha value is -3.09. The molecule has 2 aromatic carbocycles. The monoisotopic (exact) mass is 450 g/mol. The topological polar surface area (TPSA) is 70.0 Å². The van der Waals surface area contributed by atoms with Crippen LogP contribution in [0.15, 0.2) is 82.7 Å². The number of carbonyl (C=O) groups is 2. The van der Waals surface area contributed by atoms with Crippen LogP contribution in [0.25, 0.3) is 5.57 Å². The molecule has 1 N–H and O–H groups in total. The molecule has 1 aliphatic carbocycles. The molecular weight excluding hydrogens is 432 g/mol. The molecule has 7 heteroatoms. The van der Waals surface area contributed by atoms with E-state index in [9.17, 15) is 14.7 Å². The van der Waals surface area contributed by atoms with Gasteiger partial charge in [-0.15, -0.1) is 0 Å². The number of carboxylic acid groups (broad SMARTS) is 1. The van der Waals surface area contributed by atoms with E-state index in [1.54, 1.807) is 42.3 Å². The van der Waals surface area contributed by atoms with E-state index >= 15 is 0 Å². The fourth-order valence-corrected chi connectivity index (χ4v) is 4.53. The zero-order chi connectivity index (χ0) is 22.0. The summed E-state index contributed by atoms with van der Waals surface area (Å²) in [5.41, 5.74) is 2.90. The first-order valence-corrected chi connectivity index (χ1v) is 10.8. The summed E-state index contributed by atoms with van der Waals surface area (Å²) in [6.07, 6.45) is 8.62. The van der Waals surface area contributed by atoms with E-state index in [-0.39, 0.29) is 17.4 Å². The van der Waals surface area contributed by atoms with E-state index < -0.39 is 5.97 Å². The third-order valence-electron chi connectivity index (χ3n) is 5.01. The Kier molecular flexibility index (Phi) is 6.11. The van der Waals surface area contributed by atoms with Crippen molar-refractivity contribution < 1.29 is 14.7 Å². The van der Waals surface area contributed by atoms with E-state index in [0.717, 1.165) is 16.8 Å². The van der Waals surface area contributed by atoms with E-state index in [0.29, 0.717) is 21.5 Å². The van der Waals surface area contributed by atoms with Gasteiger partial charge in [0.25, 0.3) is 5.91 Å². The third-order valence-corrected chi connectivity index (χ3v) is 6.34. The summed E-state index contributed by atoms with van der Waals surface area (Å²) in [6.45, 7) is 0. The van der Waals surface area contributed by atoms with Crippen LogP contribution in [0.2, 0.25) is 5.02 Å². The number of hydrogen-bond donors (Lipinski definition) is 1. The maximum Gasteiger partial charge on any atom is 0.335 e. The first-order valence-electron chi connectivity index (χ1n) is 9.64. The number of rotatable bonds is 4. The van der Waals surface area contributed by atoms with Crippen LogP contribution in [0, 0.1) is 5.92 Å². The Morgan fingerprint density at radius 1 is 1.26 bits per heavy atom. The Morgan fingerprint density at radius 2 is 2.03 bits per heavy atom. The number of aliphatic imine (C=N–C) groups is 1. The van der Waals surface area contributed by atoms with Gasteiger partial charge in [-0.3, -0.25) is 9.69 Å². The van der Waals surface area contributed by atoms with Gasteiger partial charge in [-0.25, -0.2) is 9.79 Å². The standard InChI is InChI=1S/C24H19ClN2O3S/c1-27-22(28)21(31-24(27)26-20-10-8-19(25)9-11-20)13-15-4-2-5-16(12-15)17-6-3-7-18(14-17)23(29)30/h2-11,13-15H,12H2,1H3,(H,29,30)/b21-13-,26-24?. The quantitative estimate of drug-likeness (QED) is 0.600. The van der Waals surface area contributed by atoms with Crippen LogP contribution in [0.4, 0.5) is 5.69 Å². The summed E-state index contributed by atoms with van der Waals surface area (Å²) in [5, 5.41) is 10.5. The molecule has 1 saturated heterocycles. The molecule has 1 amide bonds. The van der Waals surface area contributed by atoms with Crippen LogP contribution >= 0.6 is 23.4 Å². The molecule has 156 valence electrons. The highest BCUT2D eigenvalue weighted by Gasteiger charge is 2.31. The van der Waals surface area contributed by atoms with Crippen LogP contribution in [0.3, 0.4) is 0 Å². The summed E-state index contributed by atoms with van der Waals surface area (Å²) < 4.78 is 0. The predicted octanol–water partition coefficient (Wildman–Crippen LogP) is 5.77. The number of hydrogen-bond acceptors (Lipinski definition) is 4. The number of halogens is 1. The van der Waals surface area contributed by atoms with Gasteiger partial charge in [-0.2, -0.15) is 0 Å². The zero-order valence-corrected chi connectivity index (χ0v) is 18.2. The van der Waals surface area contributed by atoms with Crippen molar-refractivity contribution in [1.82, 2.24) is 4.90 Å². The number of amidine groups is 1. The number of allylic oxidation sites excluding steroid dienone is 5. The number of carbonyl (C=O) groups excluding carboxylic acids is 1. The molecule has 4 rings (SSSR count). The molecule has 0 bridgehead atoms. The summed E-state index contributed by atoms with van der Waals surface area (Å²) in [7, 11) is 1.71. The van der Waals surface area contributed by atoms with Crippen molar-refractivity contribution in [3.05, 3.63) is 93.9 Å². The van der Waals surface area contributed by atoms with Crippen LogP contribution in [-0.2, 0) is 4.79 Å². The number of carboxylic acids is 1. The molecule has 5 nitrogen and oxygen atoms in total. The van der Waals surface area contributed by atoms with E-state index in [1.165, 1.54) is 11.8 Å². The second-order valence-electron chi connectivity index (χ2n) is 7.20. The molecule has 2 aliphatic rings. The summed E-state index contributed by atoms with van der Waals surface area (Å²) in [6, 6.07) is 14.0. The first-order chi connectivity index (χ1) is 14.9. The van der Waals surface area contributed by atoms with Gasteiger partial charge in [0.1, 0.15) is 0 Å². The minimum atomic E-state index is -0.948. The average Bonchev–Trinajstić information content (AvgIpc) is 3.03. The van der Waals surface area contributed by atoms with Crippen LogP contribution in [0.1, 0.15) is 22.3 Å². The summed E-state index contributed by atoms with van der Waals surface area (Å²) in [5.74, 6) is -1.01. The molecule has 0 saturated carbocycles. The average molecular weight is 451 g/mol. The van der Waals surface area contributed by atoms with Crippen molar-refractivity contribution in [3.8, 4) is 0 Å². The normalized spacial score (nSPS) is 21.1. The van der Waals surface area contributed by atoms with Gasteiger partial charge >= 0.3 is 5.97 Å².